The molecular weight excluding hydrogens is 264 g/mol. The van der Waals surface area contributed by atoms with Crippen LogP contribution in [0.15, 0.2) is 36.9 Å². The highest BCUT2D eigenvalue weighted by Crippen LogP contribution is 2.34. The first-order chi connectivity index (χ1) is 10.1. The molecule has 1 aromatic rings. The van der Waals surface area contributed by atoms with E-state index in [9.17, 15) is 9.59 Å². The van der Waals surface area contributed by atoms with Crippen molar-refractivity contribution in [2.24, 2.45) is 5.92 Å². The molecule has 2 aliphatic heterocycles. The SMILES string of the molecule is C=CCN1CC(C(=O)N2c3ccccc3CC2C)CC1=O. The largest absolute Gasteiger partial charge is 0.338 e. The van der Waals surface area contributed by atoms with E-state index in [0.29, 0.717) is 19.5 Å². The van der Waals surface area contributed by atoms with Gasteiger partial charge in [-0.25, -0.2) is 0 Å². The van der Waals surface area contributed by atoms with Gasteiger partial charge in [0.1, 0.15) is 0 Å². The molecule has 0 spiro atoms. The molecule has 1 fully saturated rings. The summed E-state index contributed by atoms with van der Waals surface area (Å²) >= 11 is 0. The molecule has 0 N–H and O–H groups in total. The van der Waals surface area contributed by atoms with Gasteiger partial charge in [-0.1, -0.05) is 24.3 Å². The maximum absolute atomic E-state index is 12.8. The van der Waals surface area contributed by atoms with E-state index < -0.39 is 0 Å². The Balaban J connectivity index is 1.80. The first-order valence-corrected chi connectivity index (χ1v) is 7.41. The third kappa shape index (κ3) is 2.35. The molecule has 0 aliphatic carbocycles. The van der Waals surface area contributed by atoms with E-state index >= 15 is 0 Å². The molecule has 0 aromatic heterocycles. The molecule has 0 saturated carbocycles. The van der Waals surface area contributed by atoms with Crippen molar-refractivity contribution in [2.45, 2.75) is 25.8 Å². The molecule has 0 radical (unpaired) electrons. The highest BCUT2D eigenvalue weighted by Gasteiger charge is 2.40. The van der Waals surface area contributed by atoms with Crippen molar-refractivity contribution in [1.82, 2.24) is 4.90 Å². The quantitative estimate of drug-likeness (QED) is 0.797. The molecule has 1 aromatic carbocycles. The molecule has 2 atom stereocenters. The van der Waals surface area contributed by atoms with Crippen molar-refractivity contribution in [2.75, 3.05) is 18.0 Å². The van der Waals surface area contributed by atoms with Crippen LogP contribution in [0.4, 0.5) is 5.69 Å². The van der Waals surface area contributed by atoms with Gasteiger partial charge in [-0.15, -0.1) is 6.58 Å². The molecule has 4 nitrogen and oxygen atoms in total. The lowest BCUT2D eigenvalue weighted by Crippen LogP contribution is -2.41. The van der Waals surface area contributed by atoms with Crippen molar-refractivity contribution in [3.63, 3.8) is 0 Å². The van der Waals surface area contributed by atoms with E-state index in [1.54, 1.807) is 11.0 Å². The lowest BCUT2D eigenvalue weighted by molar-refractivity contribution is -0.128. The van der Waals surface area contributed by atoms with Gasteiger partial charge in [-0.05, 0) is 25.0 Å². The Labute approximate surface area is 125 Å². The third-order valence-corrected chi connectivity index (χ3v) is 4.36. The number of anilines is 1. The second-order valence-corrected chi connectivity index (χ2v) is 5.88. The molecule has 2 unspecified atom stereocenters. The lowest BCUT2D eigenvalue weighted by Gasteiger charge is -2.25. The molecule has 2 aliphatic rings. The van der Waals surface area contributed by atoms with Crippen LogP contribution in [0.1, 0.15) is 18.9 Å². The number of para-hydroxylation sites is 1. The topological polar surface area (TPSA) is 40.6 Å². The van der Waals surface area contributed by atoms with E-state index in [0.717, 1.165) is 12.1 Å². The predicted octanol–water partition coefficient (Wildman–Crippen LogP) is 2.00. The fourth-order valence-corrected chi connectivity index (χ4v) is 3.37. The fourth-order valence-electron chi connectivity index (χ4n) is 3.37. The number of rotatable bonds is 3. The second-order valence-electron chi connectivity index (χ2n) is 5.88. The summed E-state index contributed by atoms with van der Waals surface area (Å²) in [5, 5.41) is 0. The summed E-state index contributed by atoms with van der Waals surface area (Å²) in [4.78, 5) is 28.4. The number of carbonyl (C=O) groups is 2. The number of carbonyl (C=O) groups excluding carboxylic acids is 2. The molecule has 1 saturated heterocycles. The van der Waals surface area contributed by atoms with Gasteiger partial charge in [-0.3, -0.25) is 9.59 Å². The van der Waals surface area contributed by atoms with Gasteiger partial charge in [0.15, 0.2) is 0 Å². The number of hydrogen-bond donors (Lipinski definition) is 0. The first-order valence-electron chi connectivity index (χ1n) is 7.41. The Morgan fingerprint density at radius 1 is 1.38 bits per heavy atom. The number of nitrogens with zero attached hydrogens (tertiary/aromatic N) is 2. The van der Waals surface area contributed by atoms with Crippen LogP contribution < -0.4 is 4.90 Å². The van der Waals surface area contributed by atoms with Crippen LogP contribution in [0.2, 0.25) is 0 Å². The third-order valence-electron chi connectivity index (χ3n) is 4.36. The monoisotopic (exact) mass is 284 g/mol. The van der Waals surface area contributed by atoms with Gasteiger partial charge in [0.05, 0.1) is 5.92 Å². The van der Waals surface area contributed by atoms with Crippen LogP contribution in [0.5, 0.6) is 0 Å². The summed E-state index contributed by atoms with van der Waals surface area (Å²) in [6, 6.07) is 8.20. The summed E-state index contributed by atoms with van der Waals surface area (Å²) in [6.07, 6.45) is 2.91. The average molecular weight is 284 g/mol. The fraction of sp³-hybridized carbons (Fsp3) is 0.412. The van der Waals surface area contributed by atoms with Crippen molar-refractivity contribution >= 4 is 17.5 Å². The van der Waals surface area contributed by atoms with Gasteiger partial charge < -0.3 is 9.80 Å². The minimum absolute atomic E-state index is 0.0494. The standard InChI is InChI=1S/C17H20N2O2/c1-3-8-18-11-14(10-16(18)20)17(21)19-12(2)9-13-6-4-5-7-15(13)19/h3-7,12,14H,1,8-11H2,2H3. The minimum atomic E-state index is -0.231. The Kier molecular flexibility index (Phi) is 3.53. The Hall–Kier alpha value is -2.10. The number of hydrogen-bond acceptors (Lipinski definition) is 2. The molecule has 3 rings (SSSR count). The smallest absolute Gasteiger partial charge is 0.232 e. The predicted molar refractivity (Wildman–Crippen MR) is 82.0 cm³/mol. The zero-order valence-electron chi connectivity index (χ0n) is 12.3. The average Bonchev–Trinajstić information content (AvgIpc) is 2.99. The van der Waals surface area contributed by atoms with Crippen LogP contribution in [0.25, 0.3) is 0 Å². The van der Waals surface area contributed by atoms with Crippen molar-refractivity contribution < 1.29 is 9.59 Å². The zero-order valence-corrected chi connectivity index (χ0v) is 12.3. The number of fused-ring (bicyclic) bond motifs is 1. The normalized spacial score (nSPS) is 24.3. The van der Waals surface area contributed by atoms with E-state index in [4.69, 9.17) is 0 Å². The highest BCUT2D eigenvalue weighted by molar-refractivity contribution is 6.01. The maximum atomic E-state index is 12.8. The van der Waals surface area contributed by atoms with E-state index in [1.165, 1.54) is 5.56 Å². The number of amides is 2. The minimum Gasteiger partial charge on any atom is -0.338 e. The van der Waals surface area contributed by atoms with Crippen molar-refractivity contribution in [1.29, 1.82) is 0 Å². The molecule has 21 heavy (non-hydrogen) atoms. The zero-order chi connectivity index (χ0) is 15.0. The molecule has 2 amide bonds. The van der Waals surface area contributed by atoms with Gasteiger partial charge in [-0.2, -0.15) is 0 Å². The molecule has 110 valence electrons. The summed E-state index contributed by atoms with van der Waals surface area (Å²) in [5.74, 6) is -0.105. The first kappa shape index (κ1) is 13.9. The number of likely N-dealkylation sites (tertiary alicyclic amines) is 1. The van der Waals surface area contributed by atoms with Gasteiger partial charge in [0.2, 0.25) is 11.8 Å². The lowest BCUT2D eigenvalue weighted by atomic mass is 10.1. The van der Waals surface area contributed by atoms with E-state index in [-0.39, 0.29) is 23.8 Å². The number of benzene rings is 1. The Bertz CT molecular complexity index is 596. The van der Waals surface area contributed by atoms with Crippen LogP contribution in [0.3, 0.4) is 0 Å². The van der Waals surface area contributed by atoms with Crippen LogP contribution in [0, 0.1) is 5.92 Å². The summed E-state index contributed by atoms with van der Waals surface area (Å²) < 4.78 is 0. The van der Waals surface area contributed by atoms with Crippen LogP contribution in [-0.2, 0) is 16.0 Å². The van der Waals surface area contributed by atoms with Crippen LogP contribution in [-0.4, -0.2) is 35.8 Å². The second kappa shape index (κ2) is 5.35. The Morgan fingerprint density at radius 2 is 2.14 bits per heavy atom. The maximum Gasteiger partial charge on any atom is 0.232 e. The molecular formula is C17H20N2O2. The molecule has 0 bridgehead atoms. The van der Waals surface area contributed by atoms with Crippen molar-refractivity contribution in [3.8, 4) is 0 Å². The Morgan fingerprint density at radius 3 is 2.90 bits per heavy atom. The highest BCUT2D eigenvalue weighted by atomic mass is 16.2. The van der Waals surface area contributed by atoms with Gasteiger partial charge >= 0.3 is 0 Å². The molecule has 2 heterocycles. The van der Waals surface area contributed by atoms with E-state index in [2.05, 4.69) is 19.6 Å². The molecule has 4 heteroatoms. The van der Waals surface area contributed by atoms with Crippen molar-refractivity contribution in [3.05, 3.63) is 42.5 Å². The van der Waals surface area contributed by atoms with E-state index in [1.807, 2.05) is 23.1 Å². The van der Waals surface area contributed by atoms with Crippen LogP contribution >= 0.6 is 0 Å². The summed E-state index contributed by atoms with van der Waals surface area (Å²) in [5.41, 5.74) is 2.22. The van der Waals surface area contributed by atoms with Gasteiger partial charge in [0, 0.05) is 31.2 Å². The van der Waals surface area contributed by atoms with Gasteiger partial charge in [0.25, 0.3) is 0 Å². The summed E-state index contributed by atoms with van der Waals surface area (Å²) in [6.45, 7) is 6.76. The summed E-state index contributed by atoms with van der Waals surface area (Å²) in [7, 11) is 0.